The topological polar surface area (TPSA) is 18.5 Å². The molecule has 0 fully saturated rings. The van der Waals surface area contributed by atoms with Gasteiger partial charge in [-0.15, -0.1) is 11.3 Å². The molecule has 0 amide bonds. The summed E-state index contributed by atoms with van der Waals surface area (Å²) in [5.74, 6) is 1.64. The molecule has 3 aromatic rings. The highest BCUT2D eigenvalue weighted by atomic mass is 32.1. The molecule has 0 unspecified atom stereocenters. The zero-order valence-corrected chi connectivity index (χ0v) is 12.4. The highest BCUT2D eigenvalue weighted by Gasteiger charge is 2.07. The van der Waals surface area contributed by atoms with Gasteiger partial charge in [0.2, 0.25) is 0 Å². The van der Waals surface area contributed by atoms with Crippen molar-refractivity contribution >= 4 is 21.4 Å². The van der Waals surface area contributed by atoms with Gasteiger partial charge in [0.25, 0.3) is 0 Å². The highest BCUT2D eigenvalue weighted by molar-refractivity contribution is 7.17. The Kier molecular flexibility index (Phi) is 3.61. The lowest BCUT2D eigenvalue weighted by molar-refractivity contribution is 0.305. The second kappa shape index (κ2) is 5.55. The van der Waals surface area contributed by atoms with E-state index in [-0.39, 0.29) is 0 Å². The third-order valence-corrected chi connectivity index (χ3v) is 4.32. The lowest BCUT2D eigenvalue weighted by Crippen LogP contribution is -1.95. The van der Waals surface area contributed by atoms with Gasteiger partial charge in [0.05, 0.1) is 7.11 Å². The van der Waals surface area contributed by atoms with E-state index in [0.717, 1.165) is 11.5 Å². The Bertz CT molecular complexity index is 731. The summed E-state index contributed by atoms with van der Waals surface area (Å²) in [6.07, 6.45) is 0. The molecule has 2 nitrogen and oxygen atoms in total. The fraction of sp³-hybridized carbons (Fsp3) is 0.176. The summed E-state index contributed by atoms with van der Waals surface area (Å²) in [6, 6.07) is 14.1. The molecule has 0 radical (unpaired) electrons. The summed E-state index contributed by atoms with van der Waals surface area (Å²) in [5, 5.41) is 3.50. The van der Waals surface area contributed by atoms with Crippen molar-refractivity contribution in [2.24, 2.45) is 0 Å². The average Bonchev–Trinajstić information content (AvgIpc) is 2.90. The Morgan fingerprint density at radius 2 is 1.85 bits per heavy atom. The van der Waals surface area contributed by atoms with Crippen molar-refractivity contribution in [3.63, 3.8) is 0 Å². The van der Waals surface area contributed by atoms with Crippen LogP contribution in [0.4, 0.5) is 0 Å². The first-order chi connectivity index (χ1) is 9.78. The molecule has 102 valence electrons. The maximum Gasteiger partial charge on any atom is 0.123 e. The maximum absolute atomic E-state index is 5.88. The fourth-order valence-electron chi connectivity index (χ4n) is 2.30. The van der Waals surface area contributed by atoms with Gasteiger partial charge in [-0.2, -0.15) is 0 Å². The van der Waals surface area contributed by atoms with Crippen LogP contribution in [0.3, 0.4) is 0 Å². The second-order valence-electron chi connectivity index (χ2n) is 4.68. The first-order valence-corrected chi connectivity index (χ1v) is 7.38. The van der Waals surface area contributed by atoms with Crippen molar-refractivity contribution in [1.82, 2.24) is 0 Å². The number of fused-ring (bicyclic) bond motifs is 1. The molecule has 20 heavy (non-hydrogen) atoms. The van der Waals surface area contributed by atoms with Gasteiger partial charge in [-0.3, -0.25) is 0 Å². The summed E-state index contributed by atoms with van der Waals surface area (Å²) in [4.78, 5) is 0. The Hall–Kier alpha value is -2.00. The van der Waals surface area contributed by atoms with Crippen molar-refractivity contribution in [2.75, 3.05) is 7.11 Å². The van der Waals surface area contributed by atoms with Crippen LogP contribution in [0.5, 0.6) is 11.5 Å². The van der Waals surface area contributed by atoms with Crippen molar-refractivity contribution in [2.45, 2.75) is 13.5 Å². The van der Waals surface area contributed by atoms with E-state index in [2.05, 4.69) is 30.5 Å². The maximum atomic E-state index is 5.88. The lowest BCUT2D eigenvalue weighted by Gasteiger charge is -2.08. The second-order valence-corrected chi connectivity index (χ2v) is 5.59. The van der Waals surface area contributed by atoms with Gasteiger partial charge in [-0.25, -0.2) is 0 Å². The Morgan fingerprint density at radius 1 is 1.05 bits per heavy atom. The molecule has 2 aromatic carbocycles. The van der Waals surface area contributed by atoms with E-state index in [1.54, 1.807) is 18.4 Å². The van der Waals surface area contributed by atoms with Crippen molar-refractivity contribution in [1.29, 1.82) is 0 Å². The summed E-state index contributed by atoms with van der Waals surface area (Å²) < 4.78 is 12.4. The van der Waals surface area contributed by atoms with Gasteiger partial charge < -0.3 is 9.47 Å². The van der Waals surface area contributed by atoms with Gasteiger partial charge in [-0.1, -0.05) is 18.2 Å². The molecule has 3 heteroatoms. The van der Waals surface area contributed by atoms with Crippen LogP contribution in [-0.2, 0) is 6.61 Å². The van der Waals surface area contributed by atoms with Crippen LogP contribution in [0.2, 0.25) is 0 Å². The van der Waals surface area contributed by atoms with Crippen LogP contribution in [0, 0.1) is 6.92 Å². The summed E-state index contributed by atoms with van der Waals surface area (Å²) in [7, 11) is 1.66. The van der Waals surface area contributed by atoms with Crippen LogP contribution in [0.15, 0.2) is 47.8 Å². The monoisotopic (exact) mass is 284 g/mol. The number of rotatable bonds is 4. The van der Waals surface area contributed by atoms with Gasteiger partial charge in [0.1, 0.15) is 18.1 Å². The third-order valence-electron chi connectivity index (χ3n) is 3.32. The van der Waals surface area contributed by atoms with Gasteiger partial charge in [-0.05, 0) is 36.1 Å². The predicted octanol–water partition coefficient (Wildman–Crippen LogP) is 4.80. The summed E-state index contributed by atoms with van der Waals surface area (Å²) in [6.45, 7) is 2.72. The first-order valence-electron chi connectivity index (χ1n) is 6.50. The quantitative estimate of drug-likeness (QED) is 0.685. The minimum absolute atomic E-state index is 0.581. The molecular weight excluding hydrogens is 268 g/mol. The first kappa shape index (κ1) is 13.0. The van der Waals surface area contributed by atoms with E-state index in [1.807, 2.05) is 24.3 Å². The molecule has 0 spiro atoms. The largest absolute Gasteiger partial charge is 0.497 e. The van der Waals surface area contributed by atoms with E-state index >= 15 is 0 Å². The zero-order chi connectivity index (χ0) is 13.9. The van der Waals surface area contributed by atoms with Crippen LogP contribution >= 0.6 is 11.3 Å². The van der Waals surface area contributed by atoms with Gasteiger partial charge >= 0.3 is 0 Å². The number of benzene rings is 2. The Balaban J connectivity index is 1.83. The minimum atomic E-state index is 0.581. The molecule has 0 N–H and O–H groups in total. The SMILES string of the molecule is COc1cccc(OCc2csc3cccc(C)c23)c1. The molecule has 0 atom stereocenters. The molecule has 0 saturated heterocycles. The molecule has 0 aliphatic rings. The van der Waals surface area contributed by atoms with Crippen LogP contribution in [-0.4, -0.2) is 7.11 Å². The Labute approximate surface area is 122 Å². The van der Waals surface area contributed by atoms with E-state index in [1.165, 1.54) is 21.2 Å². The normalized spacial score (nSPS) is 10.7. The molecule has 0 aliphatic carbocycles. The number of thiophene rings is 1. The van der Waals surface area contributed by atoms with Crippen LogP contribution in [0.25, 0.3) is 10.1 Å². The van der Waals surface area contributed by atoms with Crippen molar-refractivity contribution in [3.8, 4) is 11.5 Å². The number of hydrogen-bond acceptors (Lipinski definition) is 3. The molecule has 0 aliphatic heterocycles. The summed E-state index contributed by atoms with van der Waals surface area (Å²) in [5.41, 5.74) is 2.54. The standard InChI is InChI=1S/C17H16O2S/c1-12-5-3-8-16-17(12)13(11-20-16)10-19-15-7-4-6-14(9-15)18-2/h3-9,11H,10H2,1-2H3. The third kappa shape index (κ3) is 2.49. The average molecular weight is 284 g/mol. The number of ether oxygens (including phenoxy) is 2. The molecule has 1 heterocycles. The fourth-order valence-corrected chi connectivity index (χ4v) is 3.32. The van der Waals surface area contributed by atoms with Gasteiger partial charge in [0, 0.05) is 21.7 Å². The molecular formula is C17H16O2S. The van der Waals surface area contributed by atoms with E-state index in [9.17, 15) is 0 Å². The van der Waals surface area contributed by atoms with Crippen LogP contribution < -0.4 is 9.47 Å². The van der Waals surface area contributed by atoms with E-state index < -0.39 is 0 Å². The molecule has 3 rings (SSSR count). The number of hydrogen-bond donors (Lipinski definition) is 0. The molecule has 0 saturated carbocycles. The number of methoxy groups -OCH3 is 1. The Morgan fingerprint density at radius 3 is 2.70 bits per heavy atom. The van der Waals surface area contributed by atoms with Gasteiger partial charge in [0.15, 0.2) is 0 Å². The molecule has 0 bridgehead atoms. The van der Waals surface area contributed by atoms with Crippen molar-refractivity contribution < 1.29 is 9.47 Å². The lowest BCUT2D eigenvalue weighted by atomic mass is 10.1. The van der Waals surface area contributed by atoms with E-state index in [4.69, 9.17) is 9.47 Å². The molecule has 1 aromatic heterocycles. The summed E-state index contributed by atoms with van der Waals surface area (Å²) >= 11 is 1.77. The predicted molar refractivity (Wildman–Crippen MR) is 83.9 cm³/mol. The van der Waals surface area contributed by atoms with E-state index in [0.29, 0.717) is 6.61 Å². The smallest absolute Gasteiger partial charge is 0.123 e. The minimum Gasteiger partial charge on any atom is -0.497 e. The van der Waals surface area contributed by atoms with Crippen LogP contribution in [0.1, 0.15) is 11.1 Å². The highest BCUT2D eigenvalue weighted by Crippen LogP contribution is 2.30. The number of aryl methyl sites for hydroxylation is 1. The zero-order valence-electron chi connectivity index (χ0n) is 11.6. The van der Waals surface area contributed by atoms with Crippen molar-refractivity contribution in [3.05, 3.63) is 59.0 Å².